The number of ether oxygens (including phenoxy) is 2. The molecule has 0 aromatic heterocycles. The van der Waals surface area contributed by atoms with Gasteiger partial charge in [-0.25, -0.2) is 4.79 Å². The van der Waals surface area contributed by atoms with E-state index in [9.17, 15) is 15.0 Å². The maximum atomic E-state index is 11.2. The first-order valence-electron chi connectivity index (χ1n) is 5.76. The number of anilines is 1. The fourth-order valence-electron chi connectivity index (χ4n) is 2.14. The van der Waals surface area contributed by atoms with Gasteiger partial charge in [0.1, 0.15) is 0 Å². The summed E-state index contributed by atoms with van der Waals surface area (Å²) in [6.45, 7) is 2.28. The van der Waals surface area contributed by atoms with Crippen LogP contribution in [-0.2, 0) is 4.79 Å². The number of aliphatic hydroxyl groups excluding tert-OH is 1. The Morgan fingerprint density at radius 3 is 2.74 bits per heavy atom. The van der Waals surface area contributed by atoms with Crippen molar-refractivity contribution in [3.63, 3.8) is 0 Å². The SMILES string of the molecule is CCN1Nc2cc3c(cc2C(O)=C1C(=O)O)OCO3. The number of hydrogen-bond acceptors (Lipinski definition) is 6. The maximum absolute atomic E-state index is 11.2. The topological polar surface area (TPSA) is 91.3 Å². The molecule has 7 nitrogen and oxygen atoms in total. The Kier molecular flexibility index (Phi) is 2.41. The summed E-state index contributed by atoms with van der Waals surface area (Å²) in [5.74, 6) is -0.438. The number of rotatable bonds is 2. The van der Waals surface area contributed by atoms with E-state index in [1.807, 2.05) is 0 Å². The van der Waals surface area contributed by atoms with Crippen LogP contribution in [0.2, 0.25) is 0 Å². The van der Waals surface area contributed by atoms with E-state index in [0.717, 1.165) is 0 Å². The number of carboxylic acid groups (broad SMARTS) is 1. The van der Waals surface area contributed by atoms with Crippen molar-refractivity contribution in [3.8, 4) is 11.5 Å². The first-order chi connectivity index (χ1) is 9.11. The highest BCUT2D eigenvalue weighted by Crippen LogP contribution is 2.42. The van der Waals surface area contributed by atoms with Crippen LogP contribution in [0.25, 0.3) is 5.76 Å². The molecule has 1 aromatic carbocycles. The van der Waals surface area contributed by atoms with Crippen LogP contribution in [0.3, 0.4) is 0 Å². The Bertz CT molecular complexity index is 596. The fraction of sp³-hybridized carbons (Fsp3) is 0.250. The summed E-state index contributed by atoms with van der Waals surface area (Å²) >= 11 is 0. The second-order valence-electron chi connectivity index (χ2n) is 4.11. The van der Waals surface area contributed by atoms with Gasteiger partial charge >= 0.3 is 5.97 Å². The molecule has 2 heterocycles. The van der Waals surface area contributed by atoms with Crippen LogP contribution in [0, 0.1) is 0 Å². The number of benzene rings is 1. The van der Waals surface area contributed by atoms with Crippen molar-refractivity contribution in [1.29, 1.82) is 0 Å². The number of carboxylic acids is 1. The van der Waals surface area contributed by atoms with Gasteiger partial charge in [-0.3, -0.25) is 10.4 Å². The van der Waals surface area contributed by atoms with E-state index < -0.39 is 5.97 Å². The Morgan fingerprint density at radius 1 is 1.42 bits per heavy atom. The molecule has 0 amide bonds. The third kappa shape index (κ3) is 1.62. The molecule has 0 saturated heterocycles. The monoisotopic (exact) mass is 264 g/mol. The number of hydrogen-bond donors (Lipinski definition) is 3. The third-order valence-electron chi connectivity index (χ3n) is 3.04. The number of nitrogens with zero attached hydrogens (tertiary/aromatic N) is 1. The smallest absolute Gasteiger partial charge is 0.357 e. The first kappa shape index (κ1) is 11.5. The summed E-state index contributed by atoms with van der Waals surface area (Å²) in [7, 11) is 0. The molecule has 7 heteroatoms. The molecule has 3 N–H and O–H groups in total. The number of fused-ring (bicyclic) bond motifs is 2. The van der Waals surface area contributed by atoms with Crippen molar-refractivity contribution in [2.45, 2.75) is 6.92 Å². The number of aliphatic hydroxyl groups is 1. The molecule has 19 heavy (non-hydrogen) atoms. The first-order valence-corrected chi connectivity index (χ1v) is 5.76. The van der Waals surface area contributed by atoms with Crippen LogP contribution in [0.5, 0.6) is 11.5 Å². The van der Waals surface area contributed by atoms with E-state index in [4.69, 9.17) is 9.47 Å². The van der Waals surface area contributed by atoms with Crippen LogP contribution in [-0.4, -0.2) is 34.5 Å². The lowest BCUT2D eigenvalue weighted by Gasteiger charge is -2.31. The van der Waals surface area contributed by atoms with E-state index in [0.29, 0.717) is 29.3 Å². The molecule has 0 atom stereocenters. The summed E-state index contributed by atoms with van der Waals surface area (Å²) in [5.41, 5.74) is 3.71. The highest BCUT2D eigenvalue weighted by atomic mass is 16.7. The highest BCUT2D eigenvalue weighted by molar-refractivity contribution is 5.97. The van der Waals surface area contributed by atoms with Crippen molar-refractivity contribution in [2.24, 2.45) is 0 Å². The molecular weight excluding hydrogens is 252 g/mol. The minimum atomic E-state index is -1.20. The molecule has 0 aliphatic carbocycles. The summed E-state index contributed by atoms with van der Waals surface area (Å²) in [6.07, 6.45) is 0. The zero-order chi connectivity index (χ0) is 13.6. The minimum absolute atomic E-state index is 0.117. The zero-order valence-corrected chi connectivity index (χ0v) is 10.1. The van der Waals surface area contributed by atoms with E-state index in [-0.39, 0.29) is 18.2 Å². The van der Waals surface area contributed by atoms with Crippen molar-refractivity contribution < 1.29 is 24.5 Å². The standard InChI is InChI=1S/C12H12N2O5/c1-2-14-10(12(16)17)11(15)6-3-8-9(19-5-18-8)4-7(6)13-14/h3-4,13,15H,2,5H2,1H3,(H,16,17). The van der Waals surface area contributed by atoms with Gasteiger partial charge in [-0.2, -0.15) is 0 Å². The molecule has 100 valence electrons. The van der Waals surface area contributed by atoms with E-state index in [1.165, 1.54) is 5.01 Å². The number of likely N-dealkylation sites (N-methyl/N-ethyl adjacent to an activating group) is 1. The van der Waals surface area contributed by atoms with Gasteiger partial charge in [0.15, 0.2) is 23.0 Å². The van der Waals surface area contributed by atoms with Gasteiger partial charge in [-0.15, -0.1) is 0 Å². The molecule has 0 radical (unpaired) electrons. The summed E-state index contributed by atoms with van der Waals surface area (Å²) in [6, 6.07) is 3.24. The summed E-state index contributed by atoms with van der Waals surface area (Å²) in [5, 5.41) is 20.7. The van der Waals surface area contributed by atoms with Gasteiger partial charge in [0.25, 0.3) is 0 Å². The van der Waals surface area contributed by atoms with Crippen molar-refractivity contribution in [3.05, 3.63) is 23.4 Å². The second-order valence-corrected chi connectivity index (χ2v) is 4.11. The molecule has 1 aromatic rings. The Hall–Kier alpha value is -2.57. The van der Waals surface area contributed by atoms with E-state index in [1.54, 1.807) is 19.1 Å². The molecule has 0 saturated carbocycles. The second kappa shape index (κ2) is 3.98. The van der Waals surface area contributed by atoms with Crippen LogP contribution in [0.4, 0.5) is 5.69 Å². The van der Waals surface area contributed by atoms with Gasteiger partial charge in [-0.05, 0) is 13.0 Å². The summed E-state index contributed by atoms with van der Waals surface area (Å²) in [4.78, 5) is 11.2. The average Bonchev–Trinajstić information content (AvgIpc) is 2.82. The largest absolute Gasteiger partial charge is 0.505 e. The number of nitrogens with one attached hydrogen (secondary N) is 1. The quantitative estimate of drug-likeness (QED) is 0.743. The van der Waals surface area contributed by atoms with E-state index in [2.05, 4.69) is 5.43 Å². The Balaban J connectivity index is 2.17. The molecule has 2 aliphatic rings. The van der Waals surface area contributed by atoms with E-state index >= 15 is 0 Å². The number of aliphatic carboxylic acids is 1. The molecule has 3 rings (SSSR count). The van der Waals surface area contributed by atoms with Crippen molar-refractivity contribution >= 4 is 17.4 Å². The minimum Gasteiger partial charge on any atom is -0.505 e. The summed E-state index contributed by atoms with van der Waals surface area (Å²) < 4.78 is 10.5. The van der Waals surface area contributed by atoms with Crippen molar-refractivity contribution in [2.75, 3.05) is 18.8 Å². The highest BCUT2D eigenvalue weighted by Gasteiger charge is 2.30. The molecule has 0 spiro atoms. The van der Waals surface area contributed by atoms with Gasteiger partial charge in [0.05, 0.1) is 5.69 Å². The van der Waals surface area contributed by atoms with Gasteiger partial charge in [0.2, 0.25) is 6.79 Å². The zero-order valence-electron chi connectivity index (χ0n) is 10.1. The van der Waals surface area contributed by atoms with Crippen molar-refractivity contribution in [1.82, 2.24) is 5.01 Å². The normalized spacial score (nSPS) is 16.2. The lowest BCUT2D eigenvalue weighted by molar-refractivity contribution is -0.134. The predicted molar refractivity (Wildman–Crippen MR) is 65.8 cm³/mol. The molecule has 0 bridgehead atoms. The fourth-order valence-corrected chi connectivity index (χ4v) is 2.14. The molecule has 2 aliphatic heterocycles. The van der Waals surface area contributed by atoms with Crippen LogP contribution >= 0.6 is 0 Å². The lowest BCUT2D eigenvalue weighted by Crippen LogP contribution is -2.36. The lowest BCUT2D eigenvalue weighted by atomic mass is 10.1. The number of carbonyl (C=O) groups is 1. The average molecular weight is 264 g/mol. The maximum Gasteiger partial charge on any atom is 0.357 e. The molecule has 0 unspecified atom stereocenters. The van der Waals surface area contributed by atoms with Crippen LogP contribution < -0.4 is 14.9 Å². The predicted octanol–water partition coefficient (Wildman–Crippen LogP) is 1.39. The van der Waals surface area contributed by atoms with Crippen LogP contribution in [0.1, 0.15) is 12.5 Å². The Morgan fingerprint density at radius 2 is 2.11 bits per heavy atom. The third-order valence-corrected chi connectivity index (χ3v) is 3.04. The molecular formula is C12H12N2O5. The Labute approximate surface area is 108 Å². The van der Waals surface area contributed by atoms with Gasteiger partial charge < -0.3 is 19.7 Å². The van der Waals surface area contributed by atoms with Gasteiger partial charge in [0, 0.05) is 18.2 Å². The van der Waals surface area contributed by atoms with Gasteiger partial charge in [-0.1, -0.05) is 0 Å². The molecule has 0 fully saturated rings. The van der Waals surface area contributed by atoms with Crippen LogP contribution in [0.15, 0.2) is 17.8 Å². The number of hydrazine groups is 1.